The van der Waals surface area contributed by atoms with Gasteiger partial charge in [0, 0.05) is 11.4 Å². The van der Waals surface area contributed by atoms with Gasteiger partial charge in [-0.2, -0.15) is 12.6 Å². The number of benzene rings is 1. The van der Waals surface area contributed by atoms with E-state index in [1.165, 1.54) is 0 Å². The van der Waals surface area contributed by atoms with Crippen LogP contribution >= 0.6 is 12.6 Å². The van der Waals surface area contributed by atoms with Crippen molar-refractivity contribution in [2.24, 2.45) is 5.73 Å². The number of hydrogen-bond acceptors (Lipinski definition) is 4. The van der Waals surface area contributed by atoms with Gasteiger partial charge in [0.05, 0.1) is 6.10 Å². The van der Waals surface area contributed by atoms with E-state index in [-0.39, 0.29) is 5.75 Å². The van der Waals surface area contributed by atoms with Crippen molar-refractivity contribution in [3.63, 3.8) is 0 Å². The van der Waals surface area contributed by atoms with E-state index in [0.717, 1.165) is 0 Å². The first-order chi connectivity index (χ1) is 7.54. The van der Waals surface area contributed by atoms with E-state index in [1.807, 2.05) is 0 Å². The predicted molar refractivity (Wildman–Crippen MR) is 64.5 cm³/mol. The molecule has 1 aromatic carbocycles. The number of carbonyl (C=O) groups excluding carboxylic acids is 1. The molecule has 0 aliphatic rings. The summed E-state index contributed by atoms with van der Waals surface area (Å²) in [6.07, 6.45) is -1.90. The molecule has 16 heavy (non-hydrogen) atoms. The number of thiol groups is 1. The van der Waals surface area contributed by atoms with E-state index in [2.05, 4.69) is 17.9 Å². The van der Waals surface area contributed by atoms with Gasteiger partial charge in [-0.05, 0) is 17.7 Å². The Kier molecular flexibility index (Phi) is 4.60. The van der Waals surface area contributed by atoms with E-state index in [1.54, 1.807) is 24.3 Å². The number of aliphatic hydroxyl groups excluding tert-OH is 2. The van der Waals surface area contributed by atoms with Gasteiger partial charge in [0.1, 0.15) is 6.10 Å². The predicted octanol–water partition coefficient (Wildman–Crippen LogP) is 0.501. The Morgan fingerprint density at radius 2 is 1.94 bits per heavy atom. The van der Waals surface area contributed by atoms with Crippen LogP contribution in [0.1, 0.15) is 11.7 Å². The van der Waals surface area contributed by atoms with Crippen molar-refractivity contribution in [2.75, 3.05) is 11.1 Å². The first kappa shape index (κ1) is 12.8. The Labute approximate surface area is 98.7 Å². The van der Waals surface area contributed by atoms with Gasteiger partial charge in [-0.3, -0.25) is 0 Å². The third-order valence-corrected chi connectivity index (χ3v) is 2.45. The maximum Gasteiger partial charge on any atom is 0.316 e. The summed E-state index contributed by atoms with van der Waals surface area (Å²) in [5, 5.41) is 21.4. The van der Waals surface area contributed by atoms with E-state index in [0.29, 0.717) is 11.3 Å². The highest BCUT2D eigenvalue weighted by Crippen LogP contribution is 2.19. The summed E-state index contributed by atoms with van der Waals surface area (Å²) in [6, 6.07) is 5.73. The third-order valence-electron chi connectivity index (χ3n) is 2.07. The van der Waals surface area contributed by atoms with Crippen molar-refractivity contribution in [3.05, 3.63) is 29.8 Å². The fraction of sp³-hybridized carbons (Fsp3) is 0.300. The molecular weight excluding hydrogens is 228 g/mol. The van der Waals surface area contributed by atoms with E-state index in [4.69, 9.17) is 5.73 Å². The fourth-order valence-corrected chi connectivity index (χ4v) is 1.43. The fourth-order valence-electron chi connectivity index (χ4n) is 1.23. The molecule has 0 bridgehead atoms. The van der Waals surface area contributed by atoms with Crippen LogP contribution in [-0.2, 0) is 0 Å². The number of anilines is 1. The van der Waals surface area contributed by atoms with Crippen molar-refractivity contribution in [3.8, 4) is 0 Å². The van der Waals surface area contributed by atoms with Gasteiger partial charge in [-0.15, -0.1) is 0 Å². The molecule has 2 atom stereocenters. The number of urea groups is 1. The van der Waals surface area contributed by atoms with Gasteiger partial charge in [-0.25, -0.2) is 4.79 Å². The minimum Gasteiger partial charge on any atom is -0.389 e. The number of amides is 2. The average molecular weight is 242 g/mol. The molecule has 0 saturated carbocycles. The van der Waals surface area contributed by atoms with Crippen molar-refractivity contribution < 1.29 is 15.0 Å². The normalized spacial score (nSPS) is 14.2. The zero-order chi connectivity index (χ0) is 12.1. The summed E-state index contributed by atoms with van der Waals surface area (Å²) in [7, 11) is 0. The summed E-state index contributed by atoms with van der Waals surface area (Å²) in [5.41, 5.74) is 6.03. The van der Waals surface area contributed by atoms with Crippen LogP contribution in [0.5, 0.6) is 0 Å². The molecule has 0 aliphatic heterocycles. The Hall–Kier alpha value is -1.24. The number of hydrogen-bond donors (Lipinski definition) is 5. The van der Waals surface area contributed by atoms with E-state index in [9.17, 15) is 15.0 Å². The summed E-state index contributed by atoms with van der Waals surface area (Å²) in [4.78, 5) is 10.6. The summed E-state index contributed by atoms with van der Waals surface area (Å²) < 4.78 is 0. The van der Waals surface area contributed by atoms with E-state index < -0.39 is 18.2 Å². The largest absolute Gasteiger partial charge is 0.389 e. The van der Waals surface area contributed by atoms with Crippen molar-refractivity contribution >= 4 is 24.3 Å². The second-order valence-corrected chi connectivity index (χ2v) is 3.67. The Bertz CT molecular complexity index is 356. The van der Waals surface area contributed by atoms with Crippen molar-refractivity contribution in [1.29, 1.82) is 0 Å². The monoisotopic (exact) mass is 242 g/mol. The lowest BCUT2D eigenvalue weighted by Gasteiger charge is -2.16. The van der Waals surface area contributed by atoms with Crippen LogP contribution in [0.3, 0.4) is 0 Å². The lowest BCUT2D eigenvalue weighted by atomic mass is 10.1. The van der Waals surface area contributed by atoms with Gasteiger partial charge in [-0.1, -0.05) is 12.1 Å². The maximum atomic E-state index is 10.6. The molecule has 88 valence electrons. The molecule has 5 N–H and O–H groups in total. The molecule has 0 saturated heterocycles. The molecular formula is C10H14N2O3S. The SMILES string of the molecule is NC(=O)Nc1ccc(C(O)C(O)CS)cc1. The molecule has 0 spiro atoms. The Balaban J connectivity index is 2.74. The highest BCUT2D eigenvalue weighted by atomic mass is 32.1. The van der Waals surface area contributed by atoms with Crippen molar-refractivity contribution in [1.82, 2.24) is 0 Å². The number of nitrogens with two attached hydrogens (primary N) is 1. The molecule has 1 rings (SSSR count). The summed E-state index contributed by atoms with van der Waals surface area (Å²) >= 11 is 3.89. The lowest BCUT2D eigenvalue weighted by molar-refractivity contribution is 0.0338. The Morgan fingerprint density at radius 1 is 1.38 bits per heavy atom. The van der Waals surface area contributed by atoms with Crippen LogP contribution in [0.25, 0.3) is 0 Å². The third kappa shape index (κ3) is 3.41. The van der Waals surface area contributed by atoms with Crippen molar-refractivity contribution in [2.45, 2.75) is 12.2 Å². The number of aliphatic hydroxyl groups is 2. The first-order valence-corrected chi connectivity index (χ1v) is 5.31. The van der Waals surface area contributed by atoms with Crippen LogP contribution in [-0.4, -0.2) is 28.1 Å². The topological polar surface area (TPSA) is 95.6 Å². The smallest absolute Gasteiger partial charge is 0.316 e. The second-order valence-electron chi connectivity index (χ2n) is 3.31. The zero-order valence-corrected chi connectivity index (χ0v) is 9.39. The van der Waals surface area contributed by atoms with Gasteiger partial charge in [0.15, 0.2) is 0 Å². The van der Waals surface area contributed by atoms with Gasteiger partial charge in [0.25, 0.3) is 0 Å². The molecule has 0 radical (unpaired) electrons. The summed E-state index contributed by atoms with van der Waals surface area (Å²) in [6.45, 7) is 0. The molecule has 0 aromatic heterocycles. The van der Waals surface area contributed by atoms with Crippen LogP contribution in [0.4, 0.5) is 10.5 Å². The van der Waals surface area contributed by atoms with Gasteiger partial charge >= 0.3 is 6.03 Å². The second kappa shape index (κ2) is 5.74. The highest BCUT2D eigenvalue weighted by molar-refractivity contribution is 7.80. The molecule has 0 heterocycles. The molecule has 2 unspecified atom stereocenters. The molecule has 1 aromatic rings. The minimum atomic E-state index is -0.986. The number of carbonyl (C=O) groups is 1. The highest BCUT2D eigenvalue weighted by Gasteiger charge is 2.16. The van der Waals surface area contributed by atoms with Crippen LogP contribution in [0, 0.1) is 0 Å². The number of nitrogens with one attached hydrogen (secondary N) is 1. The van der Waals surface area contributed by atoms with Crippen LogP contribution in [0.15, 0.2) is 24.3 Å². The summed E-state index contributed by atoms with van der Waals surface area (Å²) in [5.74, 6) is 0.169. The number of primary amides is 1. The number of rotatable bonds is 4. The van der Waals surface area contributed by atoms with Crippen LogP contribution < -0.4 is 11.1 Å². The first-order valence-electron chi connectivity index (χ1n) is 4.68. The maximum absolute atomic E-state index is 10.6. The molecule has 2 amide bonds. The molecule has 5 nitrogen and oxygen atoms in total. The quantitative estimate of drug-likeness (QED) is 0.497. The Morgan fingerprint density at radius 3 is 2.38 bits per heavy atom. The van der Waals surface area contributed by atoms with E-state index >= 15 is 0 Å². The minimum absolute atomic E-state index is 0.169. The molecule has 0 aliphatic carbocycles. The molecule has 0 fully saturated rings. The van der Waals surface area contributed by atoms with Crippen LogP contribution in [0.2, 0.25) is 0 Å². The average Bonchev–Trinajstić information content (AvgIpc) is 2.27. The van der Waals surface area contributed by atoms with Gasteiger partial charge < -0.3 is 21.3 Å². The van der Waals surface area contributed by atoms with Gasteiger partial charge in [0.2, 0.25) is 0 Å². The molecule has 6 heteroatoms. The standard InChI is InChI=1S/C10H14N2O3S/c11-10(15)12-7-3-1-6(2-4-7)9(14)8(13)5-16/h1-4,8-9,13-14,16H,5H2,(H3,11,12,15). The zero-order valence-electron chi connectivity index (χ0n) is 8.50. The lowest BCUT2D eigenvalue weighted by Crippen LogP contribution is -2.20.